The summed E-state index contributed by atoms with van der Waals surface area (Å²) in [7, 11) is 4.03. The zero-order valence-electron chi connectivity index (χ0n) is 15.1. The van der Waals surface area contributed by atoms with E-state index in [-0.39, 0.29) is 12.0 Å². The number of morpholine rings is 1. The van der Waals surface area contributed by atoms with Crippen molar-refractivity contribution < 1.29 is 9.53 Å². The molecule has 3 heterocycles. The minimum Gasteiger partial charge on any atom is -0.378 e. The van der Waals surface area contributed by atoms with Gasteiger partial charge in [-0.05, 0) is 36.9 Å². The molecular formula is C19H25N3O2S. The minimum atomic E-state index is -0.155. The van der Waals surface area contributed by atoms with Crippen molar-refractivity contribution in [1.82, 2.24) is 9.88 Å². The third-order valence-electron chi connectivity index (χ3n) is 4.39. The summed E-state index contributed by atoms with van der Waals surface area (Å²) in [5.74, 6) is 0.196. The van der Waals surface area contributed by atoms with Crippen LogP contribution in [-0.4, -0.2) is 49.6 Å². The van der Waals surface area contributed by atoms with Crippen LogP contribution in [0, 0.1) is 6.92 Å². The Balaban J connectivity index is 1.65. The van der Waals surface area contributed by atoms with Gasteiger partial charge >= 0.3 is 0 Å². The van der Waals surface area contributed by atoms with E-state index >= 15 is 0 Å². The first-order chi connectivity index (χ1) is 12.0. The van der Waals surface area contributed by atoms with Crippen LogP contribution >= 0.6 is 11.3 Å². The molecule has 0 radical (unpaired) electrons. The van der Waals surface area contributed by atoms with E-state index in [1.54, 1.807) is 11.3 Å². The van der Waals surface area contributed by atoms with E-state index in [1.807, 2.05) is 32.0 Å². The fourth-order valence-electron chi connectivity index (χ4n) is 3.00. The van der Waals surface area contributed by atoms with Crippen molar-refractivity contribution in [2.24, 2.45) is 0 Å². The van der Waals surface area contributed by atoms with Crippen molar-refractivity contribution in [2.75, 3.05) is 38.7 Å². The molecule has 6 heteroatoms. The molecule has 2 aromatic heterocycles. The maximum absolute atomic E-state index is 12.6. The van der Waals surface area contributed by atoms with Gasteiger partial charge in [0.25, 0.3) is 0 Å². The number of pyridine rings is 1. The van der Waals surface area contributed by atoms with Gasteiger partial charge in [-0.15, -0.1) is 11.3 Å². The first-order valence-electron chi connectivity index (χ1n) is 8.60. The van der Waals surface area contributed by atoms with Crippen LogP contribution in [0.15, 0.2) is 29.6 Å². The largest absolute Gasteiger partial charge is 0.378 e. The van der Waals surface area contributed by atoms with E-state index < -0.39 is 0 Å². The number of ether oxygens (including phenoxy) is 1. The Bertz CT molecular complexity index is 715. The zero-order chi connectivity index (χ0) is 17.8. The number of rotatable bonds is 5. The standard InChI is InChI=1S/C19H25N3O2S/c1-14-11-15(21(2)3)12-17(20-14)18-13-22(8-9-24-18)19(23)7-6-16-5-4-10-25-16/h4-5,10-12,18H,6-9,13H2,1-3H3. The van der Waals surface area contributed by atoms with Gasteiger partial charge in [0.05, 0.1) is 18.8 Å². The number of carbonyl (C=O) groups is 1. The Morgan fingerprint density at radius 2 is 2.28 bits per heavy atom. The molecule has 1 fully saturated rings. The van der Waals surface area contributed by atoms with Crippen molar-refractivity contribution in [1.29, 1.82) is 0 Å². The lowest BCUT2D eigenvalue weighted by Gasteiger charge is -2.33. The molecule has 0 bridgehead atoms. The Hall–Kier alpha value is -1.92. The van der Waals surface area contributed by atoms with Gasteiger partial charge in [-0.3, -0.25) is 9.78 Å². The van der Waals surface area contributed by atoms with Gasteiger partial charge in [-0.2, -0.15) is 0 Å². The topological polar surface area (TPSA) is 45.7 Å². The highest BCUT2D eigenvalue weighted by atomic mass is 32.1. The number of amides is 1. The van der Waals surface area contributed by atoms with Crippen molar-refractivity contribution in [2.45, 2.75) is 25.9 Å². The lowest BCUT2D eigenvalue weighted by Crippen LogP contribution is -2.42. The monoisotopic (exact) mass is 359 g/mol. The number of aryl methyl sites for hydroxylation is 2. The van der Waals surface area contributed by atoms with Gasteiger partial charge in [0.2, 0.25) is 5.91 Å². The Morgan fingerprint density at radius 3 is 3.00 bits per heavy atom. The molecule has 1 aliphatic heterocycles. The van der Waals surface area contributed by atoms with E-state index in [0.29, 0.717) is 26.1 Å². The molecule has 1 atom stereocenters. The van der Waals surface area contributed by atoms with Crippen LogP contribution in [-0.2, 0) is 16.0 Å². The molecule has 5 nitrogen and oxygen atoms in total. The molecule has 2 aromatic rings. The highest BCUT2D eigenvalue weighted by Gasteiger charge is 2.26. The SMILES string of the molecule is Cc1cc(N(C)C)cc(C2CN(C(=O)CCc3cccs3)CCO2)n1. The van der Waals surface area contributed by atoms with E-state index in [2.05, 4.69) is 33.5 Å². The molecule has 1 saturated heterocycles. The Labute approximate surface area is 153 Å². The molecule has 1 aliphatic rings. The van der Waals surface area contributed by atoms with Crippen LogP contribution < -0.4 is 4.90 Å². The van der Waals surface area contributed by atoms with E-state index in [0.717, 1.165) is 23.5 Å². The molecule has 0 aromatic carbocycles. The average Bonchev–Trinajstić information content (AvgIpc) is 3.12. The smallest absolute Gasteiger partial charge is 0.223 e. The minimum absolute atomic E-state index is 0.155. The molecular weight excluding hydrogens is 334 g/mol. The number of nitrogens with zero attached hydrogens (tertiary/aromatic N) is 3. The molecule has 134 valence electrons. The molecule has 0 saturated carbocycles. The lowest BCUT2D eigenvalue weighted by atomic mass is 10.1. The quantitative estimate of drug-likeness (QED) is 0.823. The van der Waals surface area contributed by atoms with Crippen LogP contribution in [0.25, 0.3) is 0 Å². The Kier molecular flexibility index (Phi) is 5.71. The number of carbonyl (C=O) groups excluding carboxylic acids is 1. The van der Waals surface area contributed by atoms with Crippen LogP contribution in [0.1, 0.15) is 28.8 Å². The van der Waals surface area contributed by atoms with Crippen molar-refractivity contribution in [3.05, 3.63) is 45.9 Å². The second-order valence-corrected chi connectivity index (χ2v) is 7.60. The average molecular weight is 359 g/mol. The molecule has 0 aliphatic carbocycles. The van der Waals surface area contributed by atoms with Gasteiger partial charge in [0.15, 0.2) is 0 Å². The number of thiophene rings is 1. The molecule has 1 unspecified atom stereocenters. The third-order valence-corrected chi connectivity index (χ3v) is 5.32. The predicted octanol–water partition coefficient (Wildman–Crippen LogP) is 3.05. The van der Waals surface area contributed by atoms with Crippen molar-refractivity contribution in [3.63, 3.8) is 0 Å². The van der Waals surface area contributed by atoms with Crippen LogP contribution in [0.4, 0.5) is 5.69 Å². The summed E-state index contributed by atoms with van der Waals surface area (Å²) in [4.78, 5) is 22.4. The molecule has 0 N–H and O–H groups in total. The number of anilines is 1. The summed E-state index contributed by atoms with van der Waals surface area (Å²) in [6.45, 7) is 3.78. The normalized spacial score (nSPS) is 17.6. The highest BCUT2D eigenvalue weighted by molar-refractivity contribution is 7.09. The summed E-state index contributed by atoms with van der Waals surface area (Å²) in [5.41, 5.74) is 2.97. The van der Waals surface area contributed by atoms with Crippen molar-refractivity contribution >= 4 is 22.9 Å². The first kappa shape index (κ1) is 17.9. The molecule has 0 spiro atoms. The maximum atomic E-state index is 12.6. The first-order valence-corrected chi connectivity index (χ1v) is 9.48. The third kappa shape index (κ3) is 4.58. The fourth-order valence-corrected chi connectivity index (χ4v) is 3.71. The fraction of sp³-hybridized carbons (Fsp3) is 0.474. The second-order valence-electron chi connectivity index (χ2n) is 6.56. The summed E-state index contributed by atoms with van der Waals surface area (Å²) >= 11 is 1.70. The lowest BCUT2D eigenvalue weighted by molar-refractivity contribution is -0.139. The van der Waals surface area contributed by atoms with Gasteiger partial charge in [0.1, 0.15) is 6.10 Å². The molecule has 1 amide bonds. The summed E-state index contributed by atoms with van der Waals surface area (Å²) in [6, 6.07) is 8.22. The van der Waals surface area contributed by atoms with E-state index in [1.165, 1.54) is 4.88 Å². The van der Waals surface area contributed by atoms with Crippen molar-refractivity contribution in [3.8, 4) is 0 Å². The van der Waals surface area contributed by atoms with Gasteiger partial charge in [0, 0.05) is 43.3 Å². The van der Waals surface area contributed by atoms with E-state index in [4.69, 9.17) is 4.74 Å². The number of aromatic nitrogens is 1. The highest BCUT2D eigenvalue weighted by Crippen LogP contribution is 2.25. The van der Waals surface area contributed by atoms with Gasteiger partial charge < -0.3 is 14.5 Å². The molecule has 25 heavy (non-hydrogen) atoms. The zero-order valence-corrected chi connectivity index (χ0v) is 15.9. The van der Waals surface area contributed by atoms with E-state index in [9.17, 15) is 4.79 Å². The van der Waals surface area contributed by atoms with Crippen LogP contribution in [0.3, 0.4) is 0 Å². The van der Waals surface area contributed by atoms with Gasteiger partial charge in [-0.1, -0.05) is 6.07 Å². The summed E-state index contributed by atoms with van der Waals surface area (Å²) < 4.78 is 5.91. The summed E-state index contributed by atoms with van der Waals surface area (Å²) in [5, 5.41) is 2.05. The number of hydrogen-bond donors (Lipinski definition) is 0. The molecule has 3 rings (SSSR count). The van der Waals surface area contributed by atoms with Gasteiger partial charge in [-0.25, -0.2) is 0 Å². The number of hydrogen-bond acceptors (Lipinski definition) is 5. The summed E-state index contributed by atoms with van der Waals surface area (Å²) in [6.07, 6.45) is 1.21. The maximum Gasteiger partial charge on any atom is 0.223 e. The van der Waals surface area contributed by atoms with Crippen LogP contribution in [0.5, 0.6) is 0 Å². The van der Waals surface area contributed by atoms with Crippen LogP contribution in [0.2, 0.25) is 0 Å². The predicted molar refractivity (Wildman–Crippen MR) is 101 cm³/mol. The Morgan fingerprint density at radius 1 is 1.44 bits per heavy atom. The second kappa shape index (κ2) is 7.97.